The molecule has 0 aromatic carbocycles. The Labute approximate surface area is 137 Å². The van der Waals surface area contributed by atoms with Gasteiger partial charge in [-0.15, -0.1) is 0 Å². The van der Waals surface area contributed by atoms with E-state index < -0.39 is 16.6 Å². The van der Waals surface area contributed by atoms with Crippen molar-refractivity contribution in [3.8, 4) is 11.9 Å². The van der Waals surface area contributed by atoms with Gasteiger partial charge in [0.05, 0.1) is 0 Å². The van der Waals surface area contributed by atoms with Gasteiger partial charge in [0.15, 0.2) is 0 Å². The summed E-state index contributed by atoms with van der Waals surface area (Å²) in [5, 5.41) is 0.255. The molecule has 0 saturated carbocycles. The van der Waals surface area contributed by atoms with Crippen LogP contribution >= 0.6 is 0 Å². The van der Waals surface area contributed by atoms with Crippen LogP contribution in [0.4, 0.5) is 0 Å². The van der Waals surface area contributed by atoms with Crippen molar-refractivity contribution < 1.29 is 8.85 Å². The number of aromatic nitrogens is 2. The fourth-order valence-electron chi connectivity index (χ4n) is 1.23. The third kappa shape index (κ3) is 4.55. The first kappa shape index (κ1) is 19.2. The summed E-state index contributed by atoms with van der Waals surface area (Å²) >= 11 is 0. The van der Waals surface area contributed by atoms with Crippen molar-refractivity contribution in [2.75, 3.05) is 0 Å². The van der Waals surface area contributed by atoms with Crippen molar-refractivity contribution in [3.63, 3.8) is 0 Å². The van der Waals surface area contributed by atoms with Crippen LogP contribution in [0.2, 0.25) is 36.3 Å². The lowest BCUT2D eigenvalue weighted by molar-refractivity contribution is 0.433. The second-order valence-electron chi connectivity index (χ2n) is 8.90. The third-order valence-corrected chi connectivity index (χ3v) is 13.6. The second kappa shape index (κ2) is 5.96. The third-order valence-electron chi connectivity index (χ3n) is 4.93. The van der Waals surface area contributed by atoms with Crippen molar-refractivity contribution in [3.05, 3.63) is 12.3 Å². The van der Waals surface area contributed by atoms with Crippen LogP contribution in [0.5, 0.6) is 11.9 Å². The van der Waals surface area contributed by atoms with Gasteiger partial charge in [-0.2, -0.15) is 4.98 Å². The van der Waals surface area contributed by atoms with E-state index in [-0.39, 0.29) is 10.1 Å². The van der Waals surface area contributed by atoms with Crippen LogP contribution in [0.3, 0.4) is 0 Å². The maximum atomic E-state index is 6.23. The van der Waals surface area contributed by atoms with Crippen LogP contribution in [-0.2, 0) is 0 Å². The number of hydrogen-bond donors (Lipinski definition) is 0. The maximum absolute atomic E-state index is 6.23. The Morgan fingerprint density at radius 1 is 0.818 bits per heavy atom. The molecule has 4 nitrogen and oxygen atoms in total. The Morgan fingerprint density at radius 2 is 1.27 bits per heavy atom. The molecule has 0 fully saturated rings. The molecular weight excluding hydrogens is 308 g/mol. The molecule has 1 aromatic heterocycles. The summed E-state index contributed by atoms with van der Waals surface area (Å²) in [6.07, 6.45) is 1.72. The van der Waals surface area contributed by atoms with Crippen LogP contribution < -0.4 is 8.85 Å². The lowest BCUT2D eigenvalue weighted by Crippen LogP contribution is -2.45. The quantitative estimate of drug-likeness (QED) is 0.703. The molecular formula is C16H32N2O2Si2. The highest BCUT2D eigenvalue weighted by Crippen LogP contribution is 2.38. The molecule has 0 bridgehead atoms. The molecule has 1 aromatic rings. The van der Waals surface area contributed by atoms with Gasteiger partial charge in [-0.25, -0.2) is 4.98 Å². The smallest absolute Gasteiger partial charge is 0.305 e. The summed E-state index contributed by atoms with van der Waals surface area (Å²) < 4.78 is 12.4. The van der Waals surface area contributed by atoms with E-state index >= 15 is 0 Å². The van der Waals surface area contributed by atoms with E-state index in [0.29, 0.717) is 11.9 Å². The zero-order chi connectivity index (χ0) is 17.4. The Kier molecular flexibility index (Phi) is 5.19. The molecule has 0 spiro atoms. The number of nitrogens with zero attached hydrogens (tertiary/aromatic N) is 2. The molecule has 0 aliphatic rings. The first-order valence-electron chi connectivity index (χ1n) is 7.87. The summed E-state index contributed by atoms with van der Waals surface area (Å²) in [6.45, 7) is 22.1. The van der Waals surface area contributed by atoms with Crippen LogP contribution in [-0.4, -0.2) is 26.6 Å². The number of hydrogen-bond acceptors (Lipinski definition) is 4. The Balaban J connectivity index is 2.97. The minimum atomic E-state index is -1.93. The van der Waals surface area contributed by atoms with Crippen LogP contribution in [0, 0.1) is 0 Å². The predicted molar refractivity (Wildman–Crippen MR) is 97.7 cm³/mol. The van der Waals surface area contributed by atoms with Gasteiger partial charge in [-0.3, -0.25) is 0 Å². The fourth-order valence-corrected chi connectivity index (χ4v) is 3.03. The van der Waals surface area contributed by atoms with Crippen LogP contribution in [0.25, 0.3) is 0 Å². The molecule has 6 heteroatoms. The minimum Gasteiger partial charge on any atom is -0.530 e. The molecule has 1 heterocycles. The topological polar surface area (TPSA) is 44.2 Å². The molecule has 0 atom stereocenters. The fraction of sp³-hybridized carbons (Fsp3) is 0.750. The SMILES string of the molecule is CC(C)(C)[Si](C)(C)Oc1ccnc(O[Si](C)(C)C(C)(C)C)n1. The normalized spacial score (nSPS) is 13.9. The van der Waals surface area contributed by atoms with E-state index in [1.54, 1.807) is 6.20 Å². The first-order valence-corrected chi connectivity index (χ1v) is 13.7. The molecule has 0 aliphatic carbocycles. The van der Waals surface area contributed by atoms with Crippen molar-refractivity contribution in [1.82, 2.24) is 9.97 Å². The summed E-state index contributed by atoms with van der Waals surface area (Å²) in [5.41, 5.74) is 0. The molecule has 126 valence electrons. The zero-order valence-electron chi connectivity index (χ0n) is 15.9. The van der Waals surface area contributed by atoms with Gasteiger partial charge in [0, 0.05) is 12.3 Å². The van der Waals surface area contributed by atoms with Gasteiger partial charge in [0.2, 0.25) is 5.88 Å². The van der Waals surface area contributed by atoms with E-state index in [4.69, 9.17) is 8.85 Å². The number of rotatable bonds is 4. The van der Waals surface area contributed by atoms with E-state index in [1.165, 1.54) is 0 Å². The molecule has 0 radical (unpaired) electrons. The standard InChI is InChI=1S/C16H32N2O2Si2/c1-15(2,3)21(7,8)19-13-11-12-17-14(18-13)20-22(9,10)16(4,5)6/h11-12H,1-10H3. The van der Waals surface area contributed by atoms with Gasteiger partial charge >= 0.3 is 6.01 Å². The van der Waals surface area contributed by atoms with Gasteiger partial charge in [-0.1, -0.05) is 41.5 Å². The van der Waals surface area contributed by atoms with Crippen LogP contribution in [0.1, 0.15) is 41.5 Å². The minimum absolute atomic E-state index is 0.118. The average molecular weight is 341 g/mol. The summed E-state index contributed by atoms with van der Waals surface area (Å²) in [4.78, 5) is 8.75. The lowest BCUT2D eigenvalue weighted by Gasteiger charge is -2.36. The van der Waals surface area contributed by atoms with Gasteiger partial charge in [0.25, 0.3) is 16.6 Å². The lowest BCUT2D eigenvalue weighted by atomic mass is 10.2. The molecule has 0 unspecified atom stereocenters. The second-order valence-corrected chi connectivity index (χ2v) is 18.4. The van der Waals surface area contributed by atoms with Crippen molar-refractivity contribution in [1.29, 1.82) is 0 Å². The van der Waals surface area contributed by atoms with Crippen molar-refractivity contribution in [2.45, 2.75) is 77.8 Å². The summed E-state index contributed by atoms with van der Waals surface area (Å²) in [5.74, 6) is 0.621. The molecule has 0 aliphatic heterocycles. The molecule has 0 N–H and O–H groups in total. The average Bonchev–Trinajstić information content (AvgIpc) is 2.24. The summed E-state index contributed by atoms with van der Waals surface area (Å²) in [6, 6.07) is 2.25. The van der Waals surface area contributed by atoms with E-state index in [1.807, 2.05) is 6.07 Å². The Hall–Kier alpha value is -0.886. The van der Waals surface area contributed by atoms with E-state index in [2.05, 4.69) is 77.7 Å². The molecule has 1 rings (SSSR count). The zero-order valence-corrected chi connectivity index (χ0v) is 17.9. The van der Waals surface area contributed by atoms with E-state index in [0.717, 1.165) is 0 Å². The largest absolute Gasteiger partial charge is 0.530 e. The Bertz CT molecular complexity index is 474. The highest BCUT2D eigenvalue weighted by atomic mass is 28.4. The Morgan fingerprint density at radius 3 is 1.73 bits per heavy atom. The van der Waals surface area contributed by atoms with Crippen LogP contribution in [0.15, 0.2) is 12.3 Å². The highest BCUT2D eigenvalue weighted by molar-refractivity contribution is 6.75. The predicted octanol–water partition coefficient (Wildman–Crippen LogP) is 5.24. The van der Waals surface area contributed by atoms with Gasteiger partial charge in [0.1, 0.15) is 0 Å². The maximum Gasteiger partial charge on any atom is 0.305 e. The molecule has 22 heavy (non-hydrogen) atoms. The monoisotopic (exact) mass is 340 g/mol. The molecule has 0 saturated heterocycles. The van der Waals surface area contributed by atoms with Gasteiger partial charge in [-0.05, 0) is 36.3 Å². The van der Waals surface area contributed by atoms with Crippen molar-refractivity contribution >= 4 is 16.6 Å². The summed E-state index contributed by atoms with van der Waals surface area (Å²) in [7, 11) is -3.83. The van der Waals surface area contributed by atoms with E-state index in [9.17, 15) is 0 Å². The first-order chi connectivity index (χ1) is 9.66. The molecule has 0 amide bonds. The van der Waals surface area contributed by atoms with Crippen molar-refractivity contribution in [2.24, 2.45) is 0 Å². The van der Waals surface area contributed by atoms with Gasteiger partial charge < -0.3 is 8.85 Å². The highest BCUT2D eigenvalue weighted by Gasteiger charge is 2.41.